The monoisotopic (exact) mass is 612 g/mol. The molecule has 176 valence electrons. The Morgan fingerprint density at radius 1 is 1.14 bits per heavy atom. The summed E-state index contributed by atoms with van der Waals surface area (Å²) in [6.45, 7) is 0.501. The number of hydrogen-bond acceptors (Lipinski definition) is 6. The SMILES string of the molecule is O=C1COc2ccc(-c3csc(=NCc4ccccc4)n3N=Cc3cc(Br)cc(Br)c3O)cc2N1. The molecule has 0 radical (unpaired) electrons. The van der Waals surface area contributed by atoms with E-state index in [1.165, 1.54) is 11.3 Å². The van der Waals surface area contributed by atoms with Crippen molar-refractivity contribution in [3.63, 3.8) is 0 Å². The minimum absolute atomic E-state index is 0.00327. The number of ether oxygens (including phenoxy) is 1. The third-order valence-electron chi connectivity index (χ3n) is 5.20. The Balaban J connectivity index is 1.60. The fraction of sp³-hybridized carbons (Fsp3) is 0.0800. The van der Waals surface area contributed by atoms with E-state index in [2.05, 4.69) is 42.3 Å². The minimum Gasteiger partial charge on any atom is -0.506 e. The molecule has 0 saturated heterocycles. The summed E-state index contributed by atoms with van der Waals surface area (Å²) in [4.78, 5) is 17.3. The van der Waals surface area contributed by atoms with E-state index < -0.39 is 0 Å². The number of thiazole rings is 1. The standard InChI is InChI=1S/C25H18Br2N4O3S/c26-18-8-17(24(33)19(27)10-18)12-29-31-21(14-35-25(31)28-11-15-4-2-1-3-5-15)16-6-7-22-20(9-16)30-23(32)13-34-22/h1-10,12,14,33H,11,13H2,(H,30,32). The highest BCUT2D eigenvalue weighted by molar-refractivity contribution is 9.11. The Hall–Kier alpha value is -3.21. The normalized spacial score (nSPS) is 13.5. The maximum absolute atomic E-state index is 11.8. The van der Waals surface area contributed by atoms with Crippen molar-refractivity contribution in [2.45, 2.75) is 6.54 Å². The van der Waals surface area contributed by atoms with Crippen LogP contribution in [0.4, 0.5) is 5.69 Å². The van der Waals surface area contributed by atoms with Crippen molar-refractivity contribution < 1.29 is 14.6 Å². The summed E-state index contributed by atoms with van der Waals surface area (Å²) in [5, 5.41) is 20.0. The molecule has 0 aliphatic carbocycles. The molecule has 0 bridgehead atoms. The number of nitrogens with zero attached hydrogens (tertiary/aromatic N) is 3. The molecule has 0 atom stereocenters. The third kappa shape index (κ3) is 5.24. The van der Waals surface area contributed by atoms with E-state index in [-0.39, 0.29) is 18.3 Å². The number of amides is 1. The van der Waals surface area contributed by atoms with Crippen LogP contribution in [0.3, 0.4) is 0 Å². The second-order valence-corrected chi connectivity index (χ2v) is 10.2. The van der Waals surface area contributed by atoms with Gasteiger partial charge in [0.05, 0.1) is 28.6 Å². The number of aromatic nitrogens is 1. The van der Waals surface area contributed by atoms with Gasteiger partial charge < -0.3 is 15.2 Å². The van der Waals surface area contributed by atoms with Crippen molar-refractivity contribution in [1.29, 1.82) is 0 Å². The van der Waals surface area contributed by atoms with Crippen LogP contribution in [0.1, 0.15) is 11.1 Å². The molecule has 7 nitrogen and oxygen atoms in total. The van der Waals surface area contributed by atoms with E-state index in [0.29, 0.717) is 32.8 Å². The molecule has 0 unspecified atom stereocenters. The average molecular weight is 614 g/mol. The van der Waals surface area contributed by atoms with Gasteiger partial charge >= 0.3 is 0 Å². The first kappa shape index (κ1) is 23.5. The molecular formula is C25H18Br2N4O3S. The first-order valence-electron chi connectivity index (χ1n) is 10.5. The predicted octanol–water partition coefficient (Wildman–Crippen LogP) is 5.76. The molecule has 5 rings (SSSR count). The highest BCUT2D eigenvalue weighted by Crippen LogP contribution is 2.33. The molecule has 2 N–H and O–H groups in total. The largest absolute Gasteiger partial charge is 0.506 e. The molecule has 1 aromatic heterocycles. The number of benzene rings is 3. The number of hydrogen-bond donors (Lipinski definition) is 2. The van der Waals surface area contributed by atoms with Crippen LogP contribution in [0.15, 0.2) is 85.1 Å². The Kier molecular flexibility index (Phi) is 6.85. The van der Waals surface area contributed by atoms with E-state index in [1.54, 1.807) is 23.0 Å². The smallest absolute Gasteiger partial charge is 0.262 e. The molecule has 1 aliphatic heterocycles. The Morgan fingerprint density at radius 2 is 1.97 bits per heavy atom. The topological polar surface area (TPSA) is 88.2 Å². The molecule has 2 heterocycles. The molecule has 3 aromatic carbocycles. The number of carbonyl (C=O) groups excluding carboxylic acids is 1. The van der Waals surface area contributed by atoms with Crippen LogP contribution in [-0.2, 0) is 11.3 Å². The van der Waals surface area contributed by atoms with Crippen LogP contribution < -0.4 is 14.9 Å². The summed E-state index contributed by atoms with van der Waals surface area (Å²) in [7, 11) is 0. The summed E-state index contributed by atoms with van der Waals surface area (Å²) in [6, 6.07) is 19.1. The van der Waals surface area contributed by atoms with Gasteiger partial charge in [-0.2, -0.15) is 5.10 Å². The van der Waals surface area contributed by atoms with Crippen LogP contribution in [-0.4, -0.2) is 28.5 Å². The van der Waals surface area contributed by atoms with Gasteiger partial charge in [0, 0.05) is 21.0 Å². The first-order valence-corrected chi connectivity index (χ1v) is 13.0. The lowest BCUT2D eigenvalue weighted by Gasteiger charge is -2.18. The van der Waals surface area contributed by atoms with Crippen molar-refractivity contribution in [2.24, 2.45) is 10.1 Å². The van der Waals surface area contributed by atoms with Gasteiger partial charge in [-0.1, -0.05) is 46.3 Å². The maximum atomic E-state index is 11.8. The third-order valence-corrected chi connectivity index (χ3v) is 7.12. The zero-order chi connectivity index (χ0) is 24.4. The zero-order valence-corrected chi connectivity index (χ0v) is 22.1. The van der Waals surface area contributed by atoms with Crippen molar-refractivity contribution in [2.75, 3.05) is 11.9 Å². The number of phenols is 1. The van der Waals surface area contributed by atoms with Crippen molar-refractivity contribution >= 4 is 61.0 Å². The second kappa shape index (κ2) is 10.2. The zero-order valence-electron chi connectivity index (χ0n) is 18.1. The fourth-order valence-corrected chi connectivity index (χ4v) is 5.60. The number of phenolic OH excluding ortho intramolecular Hbond substituents is 1. The van der Waals surface area contributed by atoms with E-state index in [0.717, 1.165) is 21.3 Å². The molecule has 0 spiro atoms. The van der Waals surface area contributed by atoms with Crippen LogP contribution in [0.25, 0.3) is 11.3 Å². The lowest BCUT2D eigenvalue weighted by Crippen LogP contribution is -2.25. The summed E-state index contributed by atoms with van der Waals surface area (Å²) in [6.07, 6.45) is 1.59. The van der Waals surface area contributed by atoms with E-state index in [9.17, 15) is 9.90 Å². The number of aromatic hydroxyl groups is 1. The Bertz CT molecular complexity index is 1510. The summed E-state index contributed by atoms with van der Waals surface area (Å²) in [5.41, 5.74) is 3.85. The van der Waals surface area contributed by atoms with Crippen molar-refractivity contribution in [3.05, 3.63) is 90.9 Å². The summed E-state index contributed by atoms with van der Waals surface area (Å²) >= 11 is 8.27. The molecular weight excluding hydrogens is 596 g/mol. The lowest BCUT2D eigenvalue weighted by atomic mass is 10.1. The van der Waals surface area contributed by atoms with Crippen LogP contribution >= 0.6 is 43.2 Å². The lowest BCUT2D eigenvalue weighted by molar-refractivity contribution is -0.118. The number of halogens is 2. The molecule has 1 aliphatic rings. The van der Waals surface area contributed by atoms with Gasteiger partial charge in [-0.05, 0) is 51.8 Å². The van der Waals surface area contributed by atoms with Gasteiger partial charge in [-0.25, -0.2) is 4.68 Å². The molecule has 0 saturated carbocycles. The average Bonchev–Trinajstić information content (AvgIpc) is 3.27. The highest BCUT2D eigenvalue weighted by atomic mass is 79.9. The van der Waals surface area contributed by atoms with E-state index in [1.807, 2.05) is 53.9 Å². The van der Waals surface area contributed by atoms with Gasteiger partial charge in [0.2, 0.25) is 4.80 Å². The molecule has 35 heavy (non-hydrogen) atoms. The fourth-order valence-electron chi connectivity index (χ4n) is 3.51. The van der Waals surface area contributed by atoms with E-state index in [4.69, 9.17) is 9.73 Å². The number of carbonyl (C=O) groups is 1. The first-order chi connectivity index (χ1) is 17.0. The highest BCUT2D eigenvalue weighted by Gasteiger charge is 2.18. The second-order valence-electron chi connectivity index (χ2n) is 7.63. The van der Waals surface area contributed by atoms with Gasteiger partial charge in [-0.3, -0.25) is 9.79 Å². The minimum atomic E-state index is -0.194. The molecule has 4 aromatic rings. The van der Waals surface area contributed by atoms with Crippen LogP contribution in [0.5, 0.6) is 11.5 Å². The Morgan fingerprint density at radius 3 is 2.80 bits per heavy atom. The van der Waals surface area contributed by atoms with Gasteiger partial charge in [0.15, 0.2) is 6.61 Å². The number of fused-ring (bicyclic) bond motifs is 1. The molecule has 1 amide bonds. The summed E-state index contributed by atoms with van der Waals surface area (Å²) < 4.78 is 8.58. The van der Waals surface area contributed by atoms with Gasteiger partial charge in [0.25, 0.3) is 5.91 Å². The van der Waals surface area contributed by atoms with E-state index >= 15 is 0 Å². The van der Waals surface area contributed by atoms with Gasteiger partial charge in [-0.15, -0.1) is 11.3 Å². The van der Waals surface area contributed by atoms with Gasteiger partial charge in [0.1, 0.15) is 11.5 Å². The number of anilines is 1. The van der Waals surface area contributed by atoms with Crippen molar-refractivity contribution in [1.82, 2.24) is 4.68 Å². The predicted molar refractivity (Wildman–Crippen MR) is 144 cm³/mol. The van der Waals surface area contributed by atoms with Crippen LogP contribution in [0, 0.1) is 0 Å². The maximum Gasteiger partial charge on any atom is 0.262 e. The molecule has 10 heteroatoms. The Labute approximate surface area is 221 Å². The molecule has 0 fully saturated rings. The number of rotatable bonds is 5. The van der Waals surface area contributed by atoms with Crippen LogP contribution in [0.2, 0.25) is 0 Å². The quantitative estimate of drug-likeness (QED) is 0.281. The summed E-state index contributed by atoms with van der Waals surface area (Å²) in [5.74, 6) is 0.516. The van der Waals surface area contributed by atoms with Crippen molar-refractivity contribution in [3.8, 4) is 22.8 Å². The number of nitrogens with one attached hydrogen (secondary N) is 1.